The first-order chi connectivity index (χ1) is 14.1. The monoisotopic (exact) mass is 406 g/mol. The van der Waals surface area contributed by atoms with Gasteiger partial charge in [-0.3, -0.25) is 4.79 Å². The number of carbonyl (C=O) groups is 1. The predicted octanol–water partition coefficient (Wildman–Crippen LogP) is 6.03. The number of benzene rings is 2. The van der Waals surface area contributed by atoms with Gasteiger partial charge in [0.05, 0.1) is 11.4 Å². The Morgan fingerprint density at radius 3 is 2.66 bits per heavy atom. The molecule has 4 nitrogen and oxygen atoms in total. The van der Waals surface area contributed by atoms with Crippen molar-refractivity contribution in [1.82, 2.24) is 4.98 Å². The van der Waals surface area contributed by atoms with Gasteiger partial charge in [0.1, 0.15) is 10.8 Å². The van der Waals surface area contributed by atoms with Gasteiger partial charge in [0.15, 0.2) is 6.10 Å². The van der Waals surface area contributed by atoms with Crippen LogP contribution in [0.4, 0.5) is 5.69 Å². The minimum absolute atomic E-state index is 0.0565. The van der Waals surface area contributed by atoms with Crippen LogP contribution in [0.5, 0.6) is 5.75 Å². The molecule has 1 amide bonds. The third-order valence-electron chi connectivity index (χ3n) is 5.18. The average molecular weight is 407 g/mol. The maximum absolute atomic E-state index is 13.0. The molecule has 1 aliphatic rings. The number of carbonyl (C=O) groups excluding carboxylic acids is 1. The van der Waals surface area contributed by atoms with Crippen LogP contribution >= 0.6 is 11.3 Å². The number of anilines is 1. The van der Waals surface area contributed by atoms with E-state index in [1.807, 2.05) is 48.2 Å². The first-order valence-corrected chi connectivity index (χ1v) is 11.1. The molecule has 0 spiro atoms. The Kier molecular flexibility index (Phi) is 5.67. The summed E-state index contributed by atoms with van der Waals surface area (Å²) in [6, 6.07) is 16.2. The zero-order valence-corrected chi connectivity index (χ0v) is 17.9. The predicted molar refractivity (Wildman–Crippen MR) is 120 cm³/mol. The van der Waals surface area contributed by atoms with Crippen molar-refractivity contribution in [2.24, 2.45) is 5.92 Å². The Hall–Kier alpha value is -2.66. The molecule has 1 aliphatic heterocycles. The lowest BCUT2D eigenvalue weighted by Gasteiger charge is -2.34. The number of nitrogens with zero attached hydrogens (tertiary/aromatic N) is 2. The highest BCUT2D eigenvalue weighted by Gasteiger charge is 2.33. The molecular weight excluding hydrogens is 380 g/mol. The van der Waals surface area contributed by atoms with Gasteiger partial charge < -0.3 is 9.64 Å². The summed E-state index contributed by atoms with van der Waals surface area (Å²) in [5.41, 5.74) is 3.89. The van der Waals surface area contributed by atoms with Crippen molar-refractivity contribution in [3.63, 3.8) is 0 Å². The van der Waals surface area contributed by atoms with Gasteiger partial charge in [0, 0.05) is 23.1 Å². The van der Waals surface area contributed by atoms with Crippen molar-refractivity contribution in [1.29, 1.82) is 0 Å². The Morgan fingerprint density at radius 2 is 1.93 bits per heavy atom. The van der Waals surface area contributed by atoms with Crippen LogP contribution in [0.15, 0.2) is 53.9 Å². The number of hydrogen-bond donors (Lipinski definition) is 0. The van der Waals surface area contributed by atoms with Crippen LogP contribution < -0.4 is 9.64 Å². The highest BCUT2D eigenvalue weighted by Crippen LogP contribution is 2.39. The molecule has 0 saturated heterocycles. The second-order valence-corrected chi connectivity index (χ2v) is 8.63. The van der Waals surface area contributed by atoms with Crippen molar-refractivity contribution in [3.8, 4) is 27.6 Å². The van der Waals surface area contributed by atoms with Gasteiger partial charge in [-0.15, -0.1) is 11.3 Å². The number of thiazole rings is 1. The summed E-state index contributed by atoms with van der Waals surface area (Å²) < 4.78 is 5.99. The number of amides is 1. The Labute approximate surface area is 176 Å². The van der Waals surface area contributed by atoms with Gasteiger partial charge in [-0.25, -0.2) is 4.98 Å². The van der Waals surface area contributed by atoms with E-state index in [0.29, 0.717) is 18.9 Å². The van der Waals surface area contributed by atoms with Gasteiger partial charge in [-0.2, -0.15) is 0 Å². The summed E-state index contributed by atoms with van der Waals surface area (Å²) in [6.45, 7) is 7.06. The topological polar surface area (TPSA) is 42.4 Å². The lowest BCUT2D eigenvalue weighted by Crippen LogP contribution is -2.46. The summed E-state index contributed by atoms with van der Waals surface area (Å²) in [5, 5.41) is 3.07. The van der Waals surface area contributed by atoms with Crippen molar-refractivity contribution >= 4 is 22.9 Å². The number of rotatable bonds is 6. The summed E-state index contributed by atoms with van der Waals surface area (Å²) in [5.74, 6) is 1.37. The standard InChI is InChI=1S/C24H26N2O2S/c1-4-21-24(27)26(13-12-16(2)3)20-14-18(10-11-22(20)28-21)19-15-29-23(25-19)17-8-6-5-7-9-17/h5-11,14-16,21H,4,12-13H2,1-3H3. The summed E-state index contributed by atoms with van der Waals surface area (Å²) in [7, 11) is 0. The van der Waals surface area contributed by atoms with Crippen LogP contribution in [0, 0.1) is 5.92 Å². The minimum Gasteiger partial charge on any atom is -0.478 e. The largest absolute Gasteiger partial charge is 0.478 e. The van der Waals surface area contributed by atoms with Gasteiger partial charge >= 0.3 is 0 Å². The lowest BCUT2D eigenvalue weighted by atomic mass is 10.1. The molecule has 3 aromatic rings. The fourth-order valence-corrected chi connectivity index (χ4v) is 4.31. The fraction of sp³-hybridized carbons (Fsp3) is 0.333. The molecule has 150 valence electrons. The quantitative estimate of drug-likeness (QED) is 0.502. The van der Waals surface area contributed by atoms with E-state index >= 15 is 0 Å². The molecule has 2 aromatic carbocycles. The zero-order valence-electron chi connectivity index (χ0n) is 17.1. The Bertz CT molecular complexity index is 997. The van der Waals surface area contributed by atoms with Crippen molar-refractivity contribution in [3.05, 3.63) is 53.9 Å². The normalized spacial score (nSPS) is 16.1. The Morgan fingerprint density at radius 1 is 1.14 bits per heavy atom. The molecule has 0 fully saturated rings. The van der Waals surface area contributed by atoms with Crippen molar-refractivity contribution < 1.29 is 9.53 Å². The third kappa shape index (κ3) is 4.06. The fourth-order valence-electron chi connectivity index (χ4n) is 3.48. The zero-order chi connectivity index (χ0) is 20.4. The number of hydrogen-bond acceptors (Lipinski definition) is 4. The van der Waals surface area contributed by atoms with Crippen LogP contribution in [-0.2, 0) is 4.79 Å². The van der Waals surface area contributed by atoms with Crippen LogP contribution in [0.1, 0.15) is 33.6 Å². The van der Waals surface area contributed by atoms with E-state index < -0.39 is 6.10 Å². The maximum atomic E-state index is 13.0. The number of aromatic nitrogens is 1. The second kappa shape index (κ2) is 8.37. The molecule has 4 rings (SSSR count). The molecular formula is C24H26N2O2S. The Balaban J connectivity index is 1.68. The molecule has 2 heterocycles. The van der Waals surface area contributed by atoms with Crippen molar-refractivity contribution in [2.75, 3.05) is 11.4 Å². The maximum Gasteiger partial charge on any atom is 0.268 e. The average Bonchev–Trinajstić information content (AvgIpc) is 3.23. The van der Waals surface area contributed by atoms with Gasteiger partial charge in [-0.05, 0) is 37.0 Å². The first kappa shape index (κ1) is 19.6. The summed E-state index contributed by atoms with van der Waals surface area (Å²) in [4.78, 5) is 19.7. The molecule has 29 heavy (non-hydrogen) atoms. The second-order valence-electron chi connectivity index (χ2n) is 7.77. The summed E-state index contributed by atoms with van der Waals surface area (Å²) >= 11 is 1.63. The minimum atomic E-state index is -0.399. The molecule has 0 aliphatic carbocycles. The van der Waals surface area contributed by atoms with Gasteiger partial charge in [0.25, 0.3) is 5.91 Å². The lowest BCUT2D eigenvalue weighted by molar-refractivity contribution is -0.126. The first-order valence-electron chi connectivity index (χ1n) is 10.2. The highest BCUT2D eigenvalue weighted by atomic mass is 32.1. The van der Waals surface area contributed by atoms with E-state index in [2.05, 4.69) is 31.4 Å². The van der Waals surface area contributed by atoms with E-state index in [9.17, 15) is 4.79 Å². The molecule has 5 heteroatoms. The van der Waals surface area contributed by atoms with Crippen LogP contribution in [0.3, 0.4) is 0 Å². The molecule has 1 atom stereocenters. The molecule has 0 radical (unpaired) electrons. The third-order valence-corrected chi connectivity index (χ3v) is 6.07. The highest BCUT2D eigenvalue weighted by molar-refractivity contribution is 7.13. The van der Waals surface area contributed by atoms with Crippen LogP contribution in [0.2, 0.25) is 0 Å². The van der Waals surface area contributed by atoms with E-state index in [1.54, 1.807) is 11.3 Å². The van der Waals surface area contributed by atoms with E-state index in [0.717, 1.165) is 39.7 Å². The number of fused-ring (bicyclic) bond motifs is 1. The molecule has 0 N–H and O–H groups in total. The molecule has 0 bridgehead atoms. The van der Waals surface area contributed by atoms with Crippen molar-refractivity contribution in [2.45, 2.75) is 39.7 Å². The van der Waals surface area contributed by atoms with Crippen LogP contribution in [-0.4, -0.2) is 23.5 Å². The van der Waals surface area contributed by atoms with Gasteiger partial charge in [-0.1, -0.05) is 51.1 Å². The van der Waals surface area contributed by atoms with E-state index in [-0.39, 0.29) is 5.91 Å². The molecule has 0 saturated carbocycles. The van der Waals surface area contributed by atoms with E-state index in [4.69, 9.17) is 9.72 Å². The molecule has 1 aromatic heterocycles. The number of ether oxygens (including phenoxy) is 1. The van der Waals surface area contributed by atoms with Gasteiger partial charge in [0.2, 0.25) is 0 Å². The smallest absolute Gasteiger partial charge is 0.268 e. The summed E-state index contributed by atoms with van der Waals surface area (Å²) in [6.07, 6.45) is 1.23. The SMILES string of the molecule is CCC1Oc2ccc(-c3csc(-c4ccccc4)n3)cc2N(CCC(C)C)C1=O. The molecule has 1 unspecified atom stereocenters. The van der Waals surface area contributed by atoms with Crippen LogP contribution in [0.25, 0.3) is 21.8 Å². The van der Waals surface area contributed by atoms with E-state index in [1.165, 1.54) is 0 Å².